The monoisotopic (exact) mass is 177 g/mol. The maximum absolute atomic E-state index is 3.88. The van der Waals surface area contributed by atoms with E-state index in [9.17, 15) is 0 Å². The minimum Gasteiger partial charge on any atom is -0.302 e. The molecule has 0 N–H and O–H groups in total. The highest BCUT2D eigenvalue weighted by atomic mass is 15.1. The number of nitrogens with zero attached hydrogens (tertiary/aromatic N) is 1. The molecule has 0 amide bonds. The maximum Gasteiger partial charge on any atom is 0.0233 e. The molecule has 0 aromatic heterocycles. The molecule has 13 heavy (non-hydrogen) atoms. The van der Waals surface area contributed by atoms with Crippen molar-refractivity contribution in [3.63, 3.8) is 0 Å². The van der Waals surface area contributed by atoms with Gasteiger partial charge in [0.2, 0.25) is 0 Å². The first kappa shape index (κ1) is 10.3. The second kappa shape index (κ2) is 4.43. The molecule has 1 heteroatoms. The first-order chi connectivity index (χ1) is 6.19. The van der Waals surface area contributed by atoms with Gasteiger partial charge in [0.25, 0.3) is 0 Å². The van der Waals surface area contributed by atoms with Crippen LogP contribution in [-0.4, -0.2) is 25.0 Å². The van der Waals surface area contributed by atoms with Crippen LogP contribution < -0.4 is 0 Å². The molecular formula is C12H19N. The third-order valence-corrected chi connectivity index (χ3v) is 2.52. The SMILES string of the molecule is C=CC1=C(/C=C\C)CN(C)CC1C. The highest BCUT2D eigenvalue weighted by Gasteiger charge is 2.18. The molecule has 0 saturated carbocycles. The molecule has 1 nitrogen and oxygen atoms in total. The minimum absolute atomic E-state index is 0.613. The molecule has 1 rings (SSSR count). The lowest BCUT2D eigenvalue weighted by Crippen LogP contribution is -2.32. The van der Waals surface area contributed by atoms with Crippen molar-refractivity contribution in [1.82, 2.24) is 4.90 Å². The Morgan fingerprint density at radius 2 is 2.23 bits per heavy atom. The normalized spacial score (nSPS) is 25.6. The molecule has 1 aliphatic heterocycles. The van der Waals surface area contributed by atoms with Crippen molar-refractivity contribution in [3.05, 3.63) is 36.0 Å². The topological polar surface area (TPSA) is 3.24 Å². The lowest BCUT2D eigenvalue weighted by Gasteiger charge is -2.30. The van der Waals surface area contributed by atoms with Crippen LogP contribution in [0.1, 0.15) is 13.8 Å². The van der Waals surface area contributed by atoms with Crippen molar-refractivity contribution in [2.45, 2.75) is 13.8 Å². The van der Waals surface area contributed by atoms with Crippen LogP contribution in [0.5, 0.6) is 0 Å². The molecule has 0 radical (unpaired) electrons. The van der Waals surface area contributed by atoms with Crippen LogP contribution in [0.4, 0.5) is 0 Å². The molecular weight excluding hydrogens is 158 g/mol. The zero-order valence-electron chi connectivity index (χ0n) is 8.88. The predicted molar refractivity (Wildman–Crippen MR) is 58.7 cm³/mol. The van der Waals surface area contributed by atoms with Gasteiger partial charge in [0, 0.05) is 13.1 Å². The van der Waals surface area contributed by atoms with E-state index in [0.717, 1.165) is 13.1 Å². The average molecular weight is 177 g/mol. The number of hydrogen-bond donors (Lipinski definition) is 0. The van der Waals surface area contributed by atoms with E-state index in [4.69, 9.17) is 0 Å². The molecule has 1 unspecified atom stereocenters. The third kappa shape index (κ3) is 2.31. The Kier molecular flexibility index (Phi) is 3.49. The van der Waals surface area contributed by atoms with Crippen LogP contribution in [-0.2, 0) is 0 Å². The Morgan fingerprint density at radius 1 is 1.54 bits per heavy atom. The zero-order valence-corrected chi connectivity index (χ0v) is 8.88. The van der Waals surface area contributed by atoms with Gasteiger partial charge < -0.3 is 4.90 Å². The van der Waals surface area contributed by atoms with Gasteiger partial charge in [0.1, 0.15) is 0 Å². The van der Waals surface area contributed by atoms with E-state index in [1.54, 1.807) is 0 Å². The van der Waals surface area contributed by atoms with Crippen LogP contribution in [0.25, 0.3) is 0 Å². The summed E-state index contributed by atoms with van der Waals surface area (Å²) in [5.41, 5.74) is 2.83. The Bertz CT molecular complexity index is 248. The molecule has 1 heterocycles. The zero-order chi connectivity index (χ0) is 9.84. The fourth-order valence-corrected chi connectivity index (χ4v) is 2.01. The lowest BCUT2D eigenvalue weighted by atomic mass is 9.91. The van der Waals surface area contributed by atoms with E-state index < -0.39 is 0 Å². The molecule has 0 fully saturated rings. The highest BCUT2D eigenvalue weighted by Crippen LogP contribution is 2.23. The van der Waals surface area contributed by atoms with Gasteiger partial charge >= 0.3 is 0 Å². The second-order valence-corrected chi connectivity index (χ2v) is 3.78. The van der Waals surface area contributed by atoms with Crippen molar-refractivity contribution >= 4 is 0 Å². The van der Waals surface area contributed by atoms with E-state index in [0.29, 0.717) is 5.92 Å². The van der Waals surface area contributed by atoms with E-state index in [1.807, 2.05) is 6.08 Å². The maximum atomic E-state index is 3.88. The Labute approximate surface area is 81.4 Å². The quantitative estimate of drug-likeness (QED) is 0.626. The van der Waals surface area contributed by atoms with Crippen molar-refractivity contribution in [2.75, 3.05) is 20.1 Å². The van der Waals surface area contributed by atoms with Gasteiger partial charge in [-0.1, -0.05) is 31.7 Å². The second-order valence-electron chi connectivity index (χ2n) is 3.78. The largest absolute Gasteiger partial charge is 0.302 e. The molecule has 0 aliphatic carbocycles. The molecule has 0 aromatic carbocycles. The average Bonchev–Trinajstić information content (AvgIpc) is 2.04. The summed E-state index contributed by atoms with van der Waals surface area (Å²) in [7, 11) is 2.17. The third-order valence-electron chi connectivity index (χ3n) is 2.52. The van der Waals surface area contributed by atoms with Gasteiger partial charge in [-0.05, 0) is 31.0 Å². The summed E-state index contributed by atoms with van der Waals surface area (Å²) in [6, 6.07) is 0. The molecule has 0 aromatic rings. The number of likely N-dealkylation sites (N-methyl/N-ethyl adjacent to an activating group) is 1. The van der Waals surface area contributed by atoms with Gasteiger partial charge in [-0.2, -0.15) is 0 Å². The van der Waals surface area contributed by atoms with Gasteiger partial charge in [0.05, 0.1) is 0 Å². The fraction of sp³-hybridized carbons (Fsp3) is 0.500. The molecule has 72 valence electrons. The lowest BCUT2D eigenvalue weighted by molar-refractivity contribution is 0.309. The Balaban J connectivity index is 2.98. The van der Waals surface area contributed by atoms with Crippen molar-refractivity contribution < 1.29 is 0 Å². The summed E-state index contributed by atoms with van der Waals surface area (Å²) in [6.07, 6.45) is 6.31. The Morgan fingerprint density at radius 3 is 2.77 bits per heavy atom. The van der Waals surface area contributed by atoms with Crippen molar-refractivity contribution in [1.29, 1.82) is 0 Å². The van der Waals surface area contributed by atoms with Gasteiger partial charge in [-0.3, -0.25) is 0 Å². The smallest absolute Gasteiger partial charge is 0.0233 e. The van der Waals surface area contributed by atoms with Gasteiger partial charge in [0.15, 0.2) is 0 Å². The van der Waals surface area contributed by atoms with Crippen LogP contribution in [0.15, 0.2) is 36.0 Å². The first-order valence-electron chi connectivity index (χ1n) is 4.85. The molecule has 1 atom stereocenters. The molecule has 0 bridgehead atoms. The van der Waals surface area contributed by atoms with E-state index >= 15 is 0 Å². The summed E-state index contributed by atoms with van der Waals surface area (Å²) in [4.78, 5) is 2.35. The van der Waals surface area contributed by atoms with Crippen LogP contribution in [0.2, 0.25) is 0 Å². The van der Waals surface area contributed by atoms with Gasteiger partial charge in [-0.15, -0.1) is 0 Å². The van der Waals surface area contributed by atoms with E-state index in [1.165, 1.54) is 11.1 Å². The number of rotatable bonds is 2. The first-order valence-corrected chi connectivity index (χ1v) is 4.85. The summed E-state index contributed by atoms with van der Waals surface area (Å²) < 4.78 is 0. The van der Waals surface area contributed by atoms with E-state index in [-0.39, 0.29) is 0 Å². The molecule has 0 saturated heterocycles. The Hall–Kier alpha value is -0.820. The molecule has 0 spiro atoms. The van der Waals surface area contributed by atoms with Crippen LogP contribution in [0, 0.1) is 5.92 Å². The summed E-state index contributed by atoms with van der Waals surface area (Å²) in [5, 5.41) is 0. The van der Waals surface area contributed by atoms with Crippen LogP contribution in [0.3, 0.4) is 0 Å². The standard InChI is InChI=1S/C12H19N/c1-5-7-11-9-13(4)8-10(3)12(11)6-2/h5-7,10H,2,8-9H2,1,3-4H3/b7-5-. The van der Waals surface area contributed by atoms with Gasteiger partial charge in [-0.25, -0.2) is 0 Å². The number of allylic oxidation sites excluding steroid dienone is 2. The van der Waals surface area contributed by atoms with Crippen molar-refractivity contribution in [3.8, 4) is 0 Å². The highest BCUT2D eigenvalue weighted by molar-refractivity contribution is 5.36. The fourth-order valence-electron chi connectivity index (χ4n) is 2.01. The summed E-state index contributed by atoms with van der Waals surface area (Å²) in [5.74, 6) is 0.613. The van der Waals surface area contributed by atoms with E-state index in [2.05, 4.69) is 44.5 Å². The van der Waals surface area contributed by atoms with Crippen molar-refractivity contribution in [2.24, 2.45) is 5.92 Å². The predicted octanol–water partition coefficient (Wildman–Crippen LogP) is 2.63. The number of hydrogen-bond acceptors (Lipinski definition) is 1. The summed E-state index contributed by atoms with van der Waals surface area (Å²) >= 11 is 0. The minimum atomic E-state index is 0.613. The van der Waals surface area contributed by atoms with Crippen LogP contribution >= 0.6 is 0 Å². The molecule has 1 aliphatic rings. The summed E-state index contributed by atoms with van der Waals surface area (Å²) in [6.45, 7) is 10.4.